The average molecular weight is 295 g/mol. The fourth-order valence-corrected chi connectivity index (χ4v) is 2.54. The second-order valence-electron chi connectivity index (χ2n) is 5.13. The first-order chi connectivity index (χ1) is 10.7. The lowest BCUT2D eigenvalue weighted by Crippen LogP contribution is -2.22. The maximum Gasteiger partial charge on any atom is 0.336 e. The fraction of sp³-hybridized carbons (Fsp3) is 0.167. The molecule has 3 rings (SSSR count). The van der Waals surface area contributed by atoms with Crippen molar-refractivity contribution in [1.82, 2.24) is 0 Å². The molecule has 0 saturated heterocycles. The summed E-state index contributed by atoms with van der Waals surface area (Å²) in [7, 11) is 0. The zero-order valence-electron chi connectivity index (χ0n) is 12.3. The molecule has 0 aliphatic carbocycles. The molecule has 112 valence electrons. The summed E-state index contributed by atoms with van der Waals surface area (Å²) < 4.78 is 5.14. The van der Waals surface area contributed by atoms with E-state index in [-0.39, 0.29) is 11.4 Å². The maximum atomic E-state index is 11.2. The highest BCUT2D eigenvalue weighted by atomic mass is 16.4. The number of phenolic OH excluding ortho intramolecular Hbond substituents is 1. The molecule has 1 aromatic heterocycles. The van der Waals surface area contributed by atoms with Crippen LogP contribution in [0.15, 0.2) is 63.8 Å². The second-order valence-corrected chi connectivity index (χ2v) is 5.13. The van der Waals surface area contributed by atoms with E-state index in [1.54, 1.807) is 12.1 Å². The van der Waals surface area contributed by atoms with Gasteiger partial charge in [0.1, 0.15) is 11.3 Å². The molecule has 2 aromatic carbocycles. The molecule has 0 aliphatic heterocycles. The van der Waals surface area contributed by atoms with Crippen molar-refractivity contribution in [2.24, 2.45) is 0 Å². The third-order valence-corrected chi connectivity index (χ3v) is 3.66. The molecule has 1 N–H and O–H groups in total. The van der Waals surface area contributed by atoms with Crippen molar-refractivity contribution in [3.63, 3.8) is 0 Å². The molecule has 4 nitrogen and oxygen atoms in total. The van der Waals surface area contributed by atoms with Gasteiger partial charge in [0.05, 0.1) is 5.69 Å². The number of hydrogen-bond donors (Lipinski definition) is 1. The van der Waals surface area contributed by atoms with Gasteiger partial charge in [0.15, 0.2) is 0 Å². The molecule has 3 aromatic rings. The lowest BCUT2D eigenvalue weighted by atomic mass is 10.1. The minimum atomic E-state index is -0.343. The Balaban J connectivity index is 1.92. The SMILES string of the molecule is CCN(Cc1ccc2oc(=O)ccc2c1)c1ccccc1O. The van der Waals surface area contributed by atoms with Crippen LogP contribution < -0.4 is 10.5 Å². The van der Waals surface area contributed by atoms with E-state index in [1.165, 1.54) is 6.07 Å². The summed E-state index contributed by atoms with van der Waals surface area (Å²) in [6.07, 6.45) is 0. The van der Waals surface area contributed by atoms with Crippen molar-refractivity contribution in [3.8, 4) is 5.75 Å². The molecule has 1 heterocycles. The molecule has 0 spiro atoms. The van der Waals surface area contributed by atoms with E-state index in [9.17, 15) is 9.90 Å². The summed E-state index contributed by atoms with van der Waals surface area (Å²) in [5, 5.41) is 10.9. The summed E-state index contributed by atoms with van der Waals surface area (Å²) in [5.74, 6) is 0.274. The van der Waals surface area contributed by atoms with E-state index in [0.29, 0.717) is 12.1 Å². The topological polar surface area (TPSA) is 53.7 Å². The molecule has 0 aliphatic rings. The summed E-state index contributed by atoms with van der Waals surface area (Å²) in [4.78, 5) is 13.3. The van der Waals surface area contributed by atoms with Gasteiger partial charge >= 0.3 is 5.63 Å². The van der Waals surface area contributed by atoms with Gasteiger partial charge in [-0.25, -0.2) is 4.79 Å². The monoisotopic (exact) mass is 295 g/mol. The van der Waals surface area contributed by atoms with Gasteiger partial charge in [-0.05, 0) is 42.8 Å². The zero-order chi connectivity index (χ0) is 15.5. The van der Waals surface area contributed by atoms with E-state index in [4.69, 9.17) is 4.42 Å². The van der Waals surface area contributed by atoms with Gasteiger partial charge in [0.2, 0.25) is 0 Å². The minimum absolute atomic E-state index is 0.274. The molecule has 4 heteroatoms. The van der Waals surface area contributed by atoms with E-state index < -0.39 is 0 Å². The van der Waals surface area contributed by atoms with Crippen molar-refractivity contribution >= 4 is 16.7 Å². The molecule has 0 bridgehead atoms. The van der Waals surface area contributed by atoms with Gasteiger partial charge < -0.3 is 14.4 Å². The Hall–Kier alpha value is -2.75. The number of benzene rings is 2. The van der Waals surface area contributed by atoms with Gasteiger partial charge in [-0.15, -0.1) is 0 Å². The van der Waals surface area contributed by atoms with Crippen molar-refractivity contribution in [2.45, 2.75) is 13.5 Å². The van der Waals surface area contributed by atoms with Gasteiger partial charge in [-0.3, -0.25) is 0 Å². The molecular weight excluding hydrogens is 278 g/mol. The lowest BCUT2D eigenvalue weighted by molar-refractivity contribution is 0.474. The van der Waals surface area contributed by atoms with Crippen LogP contribution in [0.25, 0.3) is 11.0 Å². The van der Waals surface area contributed by atoms with Gasteiger partial charge in [-0.2, -0.15) is 0 Å². The van der Waals surface area contributed by atoms with Crippen LogP contribution in [-0.2, 0) is 6.54 Å². The molecular formula is C18H17NO3. The van der Waals surface area contributed by atoms with Gasteiger partial charge in [0.25, 0.3) is 0 Å². The predicted octanol–water partition coefficient (Wildman–Crippen LogP) is 3.53. The van der Waals surface area contributed by atoms with Crippen LogP contribution in [0.1, 0.15) is 12.5 Å². The summed E-state index contributed by atoms with van der Waals surface area (Å²) in [6.45, 7) is 3.50. The van der Waals surface area contributed by atoms with Crippen LogP contribution in [0, 0.1) is 0 Å². The third kappa shape index (κ3) is 2.81. The summed E-state index contributed by atoms with van der Waals surface area (Å²) >= 11 is 0. The third-order valence-electron chi connectivity index (χ3n) is 3.66. The van der Waals surface area contributed by atoms with Crippen LogP contribution in [0.3, 0.4) is 0 Å². The average Bonchev–Trinajstić information content (AvgIpc) is 2.53. The van der Waals surface area contributed by atoms with Crippen molar-refractivity contribution in [1.29, 1.82) is 0 Å². The molecule has 0 radical (unpaired) electrons. The number of anilines is 1. The molecule has 0 saturated carbocycles. The Morgan fingerprint density at radius 1 is 1.09 bits per heavy atom. The number of hydrogen-bond acceptors (Lipinski definition) is 4. The zero-order valence-corrected chi connectivity index (χ0v) is 12.3. The predicted molar refractivity (Wildman–Crippen MR) is 87.3 cm³/mol. The summed E-state index contributed by atoms with van der Waals surface area (Å²) in [5.41, 5.74) is 2.14. The molecule has 0 fully saturated rings. The number of fused-ring (bicyclic) bond motifs is 1. The largest absolute Gasteiger partial charge is 0.506 e. The minimum Gasteiger partial charge on any atom is -0.506 e. The maximum absolute atomic E-state index is 11.2. The molecule has 0 amide bonds. The Kier molecular flexibility index (Phi) is 3.83. The first-order valence-electron chi connectivity index (χ1n) is 7.23. The highest BCUT2D eigenvalue weighted by molar-refractivity contribution is 5.77. The normalized spacial score (nSPS) is 10.8. The summed E-state index contributed by atoms with van der Waals surface area (Å²) in [6, 6.07) is 16.2. The number of para-hydroxylation sites is 2. The Bertz CT molecular complexity index is 854. The quantitative estimate of drug-likeness (QED) is 0.748. The first kappa shape index (κ1) is 14.2. The second kappa shape index (κ2) is 5.93. The fourth-order valence-electron chi connectivity index (χ4n) is 2.54. The number of phenols is 1. The Labute approximate surface area is 128 Å². The van der Waals surface area contributed by atoms with E-state index in [1.807, 2.05) is 43.3 Å². The number of nitrogens with zero attached hydrogens (tertiary/aromatic N) is 1. The van der Waals surface area contributed by atoms with E-state index >= 15 is 0 Å². The standard InChI is InChI=1S/C18H17NO3/c1-2-19(15-5-3-4-6-16(15)20)12-13-7-9-17-14(11-13)8-10-18(21)22-17/h3-11,20H,2,12H2,1H3. The van der Waals surface area contributed by atoms with Gasteiger partial charge in [0, 0.05) is 24.5 Å². The van der Waals surface area contributed by atoms with Gasteiger partial charge in [-0.1, -0.05) is 18.2 Å². The van der Waals surface area contributed by atoms with Crippen molar-refractivity contribution in [2.75, 3.05) is 11.4 Å². The Morgan fingerprint density at radius 2 is 1.91 bits per heavy atom. The number of rotatable bonds is 4. The highest BCUT2D eigenvalue weighted by Gasteiger charge is 2.10. The smallest absolute Gasteiger partial charge is 0.336 e. The van der Waals surface area contributed by atoms with E-state index in [0.717, 1.165) is 23.2 Å². The number of aromatic hydroxyl groups is 1. The lowest BCUT2D eigenvalue weighted by Gasteiger charge is -2.24. The van der Waals surface area contributed by atoms with Crippen molar-refractivity contribution < 1.29 is 9.52 Å². The van der Waals surface area contributed by atoms with E-state index in [2.05, 4.69) is 4.90 Å². The van der Waals surface area contributed by atoms with Crippen LogP contribution in [0.4, 0.5) is 5.69 Å². The Morgan fingerprint density at radius 3 is 2.68 bits per heavy atom. The van der Waals surface area contributed by atoms with Crippen LogP contribution in [-0.4, -0.2) is 11.7 Å². The van der Waals surface area contributed by atoms with Crippen LogP contribution in [0.5, 0.6) is 5.75 Å². The molecule has 0 unspecified atom stereocenters. The van der Waals surface area contributed by atoms with Crippen LogP contribution in [0.2, 0.25) is 0 Å². The molecule has 22 heavy (non-hydrogen) atoms. The first-order valence-corrected chi connectivity index (χ1v) is 7.23. The molecule has 0 atom stereocenters. The van der Waals surface area contributed by atoms with Crippen LogP contribution >= 0.6 is 0 Å². The van der Waals surface area contributed by atoms with Crippen molar-refractivity contribution in [3.05, 3.63) is 70.6 Å². The highest BCUT2D eigenvalue weighted by Crippen LogP contribution is 2.28.